The summed E-state index contributed by atoms with van der Waals surface area (Å²) in [6.07, 6.45) is 2.72. The average Bonchev–Trinajstić information content (AvgIpc) is 3.14. The lowest BCUT2D eigenvalue weighted by Crippen LogP contribution is -2.08. The topological polar surface area (TPSA) is 78.1 Å². The van der Waals surface area contributed by atoms with E-state index in [9.17, 15) is 5.26 Å². The van der Waals surface area contributed by atoms with Crippen LogP contribution in [0.4, 0.5) is 5.82 Å². The van der Waals surface area contributed by atoms with Gasteiger partial charge in [-0.2, -0.15) is 5.26 Å². The molecule has 3 rings (SSSR count). The maximum Gasteiger partial charge on any atom is 0.173 e. The number of nitriles is 1. The number of nitrogens with one attached hydrogen (secondary N) is 2. The van der Waals surface area contributed by atoms with Gasteiger partial charge < -0.3 is 10.1 Å². The molecule has 2 aromatic heterocycles. The van der Waals surface area contributed by atoms with Gasteiger partial charge in [0.15, 0.2) is 11.5 Å². The SMILES string of the molecule is COc1cccc(-c2nc3c(C#N)c[nH]n3c2NCCC(C)C)c1. The van der Waals surface area contributed by atoms with Gasteiger partial charge in [-0.05, 0) is 24.5 Å². The van der Waals surface area contributed by atoms with Gasteiger partial charge in [0, 0.05) is 18.3 Å². The highest BCUT2D eigenvalue weighted by molar-refractivity contribution is 5.78. The summed E-state index contributed by atoms with van der Waals surface area (Å²) in [6.45, 7) is 5.22. The highest BCUT2D eigenvalue weighted by Crippen LogP contribution is 2.31. The van der Waals surface area contributed by atoms with Gasteiger partial charge in [0.2, 0.25) is 0 Å². The Balaban J connectivity index is 2.07. The smallest absolute Gasteiger partial charge is 0.173 e. The van der Waals surface area contributed by atoms with Crippen molar-refractivity contribution in [2.45, 2.75) is 20.3 Å². The van der Waals surface area contributed by atoms with Crippen LogP contribution in [0.5, 0.6) is 5.75 Å². The van der Waals surface area contributed by atoms with Gasteiger partial charge >= 0.3 is 0 Å². The summed E-state index contributed by atoms with van der Waals surface area (Å²) in [4.78, 5) is 4.68. The fourth-order valence-electron chi connectivity index (χ4n) is 2.62. The van der Waals surface area contributed by atoms with Crippen LogP contribution in [0.2, 0.25) is 0 Å². The molecule has 124 valence electrons. The van der Waals surface area contributed by atoms with E-state index in [4.69, 9.17) is 4.74 Å². The van der Waals surface area contributed by atoms with E-state index >= 15 is 0 Å². The minimum Gasteiger partial charge on any atom is -0.497 e. The lowest BCUT2D eigenvalue weighted by molar-refractivity contribution is 0.415. The molecule has 0 spiro atoms. The van der Waals surface area contributed by atoms with Crippen LogP contribution in [0.25, 0.3) is 16.9 Å². The van der Waals surface area contributed by atoms with Crippen LogP contribution in [0.1, 0.15) is 25.8 Å². The molecule has 6 nitrogen and oxygen atoms in total. The number of H-pyrrole nitrogens is 1. The Morgan fingerprint density at radius 1 is 1.42 bits per heavy atom. The number of anilines is 1. The maximum atomic E-state index is 9.26. The molecule has 0 bridgehead atoms. The number of imidazole rings is 1. The Morgan fingerprint density at radius 2 is 2.25 bits per heavy atom. The number of methoxy groups -OCH3 is 1. The number of fused-ring (bicyclic) bond motifs is 1. The molecule has 0 saturated heterocycles. The van der Waals surface area contributed by atoms with Gasteiger partial charge in [0.1, 0.15) is 23.1 Å². The van der Waals surface area contributed by atoms with E-state index in [-0.39, 0.29) is 0 Å². The van der Waals surface area contributed by atoms with Crippen LogP contribution in [0.15, 0.2) is 30.5 Å². The second-order valence-corrected chi connectivity index (χ2v) is 6.11. The Kier molecular flexibility index (Phi) is 4.43. The fourth-order valence-corrected chi connectivity index (χ4v) is 2.62. The number of hydrogen-bond donors (Lipinski definition) is 2. The van der Waals surface area contributed by atoms with Crippen molar-refractivity contribution in [3.63, 3.8) is 0 Å². The number of ether oxygens (including phenoxy) is 1. The third-order valence-corrected chi connectivity index (χ3v) is 3.93. The summed E-state index contributed by atoms with van der Waals surface area (Å²) in [5.41, 5.74) is 2.90. The molecule has 1 aromatic carbocycles. The van der Waals surface area contributed by atoms with E-state index in [2.05, 4.69) is 35.3 Å². The first kappa shape index (κ1) is 15.9. The number of aromatic nitrogens is 3. The average molecular weight is 323 g/mol. The molecule has 0 fully saturated rings. The van der Waals surface area contributed by atoms with Crippen molar-refractivity contribution in [3.05, 3.63) is 36.0 Å². The van der Waals surface area contributed by atoms with Crippen LogP contribution < -0.4 is 10.1 Å². The zero-order valence-corrected chi connectivity index (χ0v) is 14.1. The van der Waals surface area contributed by atoms with Gasteiger partial charge in [0.25, 0.3) is 0 Å². The van der Waals surface area contributed by atoms with Gasteiger partial charge in [0.05, 0.1) is 7.11 Å². The summed E-state index contributed by atoms with van der Waals surface area (Å²) in [7, 11) is 1.64. The lowest BCUT2D eigenvalue weighted by Gasteiger charge is -2.10. The third-order valence-electron chi connectivity index (χ3n) is 3.93. The number of benzene rings is 1. The van der Waals surface area contributed by atoms with Crippen molar-refractivity contribution in [2.75, 3.05) is 19.0 Å². The Labute approximate surface area is 141 Å². The summed E-state index contributed by atoms with van der Waals surface area (Å²) in [6, 6.07) is 9.94. The predicted molar refractivity (Wildman–Crippen MR) is 94.2 cm³/mol. The molecule has 2 N–H and O–H groups in total. The predicted octanol–water partition coefficient (Wildman–Crippen LogP) is 3.67. The zero-order valence-electron chi connectivity index (χ0n) is 14.1. The molecule has 0 aliphatic rings. The summed E-state index contributed by atoms with van der Waals surface area (Å²) >= 11 is 0. The number of nitrogens with zero attached hydrogens (tertiary/aromatic N) is 3. The highest BCUT2D eigenvalue weighted by atomic mass is 16.5. The van der Waals surface area contributed by atoms with E-state index < -0.39 is 0 Å². The van der Waals surface area contributed by atoms with Crippen molar-refractivity contribution in [2.24, 2.45) is 5.92 Å². The molecule has 0 saturated carbocycles. The molecule has 0 radical (unpaired) electrons. The second-order valence-electron chi connectivity index (χ2n) is 6.11. The summed E-state index contributed by atoms with van der Waals surface area (Å²) < 4.78 is 7.14. The minimum absolute atomic E-state index is 0.524. The van der Waals surface area contributed by atoms with Gasteiger partial charge in [-0.25, -0.2) is 9.50 Å². The fraction of sp³-hybridized carbons (Fsp3) is 0.333. The van der Waals surface area contributed by atoms with Crippen LogP contribution in [0, 0.1) is 17.2 Å². The lowest BCUT2D eigenvalue weighted by atomic mass is 10.1. The van der Waals surface area contributed by atoms with Gasteiger partial charge in [-0.3, -0.25) is 5.10 Å². The normalized spacial score (nSPS) is 11.0. The molecule has 24 heavy (non-hydrogen) atoms. The van der Waals surface area contributed by atoms with Crippen molar-refractivity contribution in [3.8, 4) is 23.1 Å². The summed E-state index contributed by atoms with van der Waals surface area (Å²) in [5.74, 6) is 2.25. The van der Waals surface area contributed by atoms with E-state index in [1.54, 1.807) is 13.3 Å². The molecular formula is C18H21N5O. The van der Waals surface area contributed by atoms with E-state index in [1.165, 1.54) is 0 Å². The molecular weight excluding hydrogens is 302 g/mol. The molecule has 3 aromatic rings. The molecule has 2 heterocycles. The van der Waals surface area contributed by atoms with Crippen LogP contribution in [0.3, 0.4) is 0 Å². The van der Waals surface area contributed by atoms with E-state index in [0.29, 0.717) is 17.1 Å². The first-order valence-corrected chi connectivity index (χ1v) is 8.02. The molecule has 6 heteroatoms. The van der Waals surface area contributed by atoms with Crippen molar-refractivity contribution < 1.29 is 4.74 Å². The quantitative estimate of drug-likeness (QED) is 0.725. The molecule has 0 aliphatic carbocycles. The number of aromatic amines is 1. The molecule has 0 amide bonds. The molecule has 0 atom stereocenters. The maximum absolute atomic E-state index is 9.26. The Hall–Kier alpha value is -2.94. The Morgan fingerprint density at radius 3 is 2.96 bits per heavy atom. The second kappa shape index (κ2) is 6.67. The summed E-state index contributed by atoms with van der Waals surface area (Å²) in [5, 5.41) is 15.8. The van der Waals surface area contributed by atoms with Crippen molar-refractivity contribution in [1.82, 2.24) is 14.6 Å². The molecule has 0 aliphatic heterocycles. The minimum atomic E-state index is 0.524. The largest absolute Gasteiger partial charge is 0.497 e. The van der Waals surface area contributed by atoms with E-state index in [0.717, 1.165) is 35.8 Å². The monoisotopic (exact) mass is 323 g/mol. The zero-order chi connectivity index (χ0) is 17.1. The van der Waals surface area contributed by atoms with Crippen molar-refractivity contribution in [1.29, 1.82) is 5.26 Å². The van der Waals surface area contributed by atoms with E-state index in [1.807, 2.05) is 28.8 Å². The Bertz CT molecular complexity index is 885. The number of rotatable bonds is 6. The highest BCUT2D eigenvalue weighted by Gasteiger charge is 2.18. The van der Waals surface area contributed by atoms with Gasteiger partial charge in [-0.15, -0.1) is 0 Å². The van der Waals surface area contributed by atoms with Gasteiger partial charge in [-0.1, -0.05) is 26.0 Å². The molecule has 0 unspecified atom stereocenters. The van der Waals surface area contributed by atoms with Crippen LogP contribution >= 0.6 is 0 Å². The standard InChI is InChI=1S/C18H21N5O/c1-12(2)7-8-20-18-16(13-5-4-6-15(9-13)24-3)22-17-14(10-19)11-21-23(17)18/h4-6,9,11-12,20-21H,7-8H2,1-3H3. The first-order valence-electron chi connectivity index (χ1n) is 8.02. The number of hydrogen-bond acceptors (Lipinski definition) is 4. The van der Waals surface area contributed by atoms with Crippen molar-refractivity contribution >= 4 is 11.5 Å². The third kappa shape index (κ3) is 2.93. The van der Waals surface area contributed by atoms with Crippen LogP contribution in [-0.4, -0.2) is 28.3 Å². The van der Waals surface area contributed by atoms with Crippen LogP contribution in [-0.2, 0) is 0 Å². The first-order chi connectivity index (χ1) is 11.6.